The highest BCUT2D eigenvalue weighted by molar-refractivity contribution is 5.73. The van der Waals surface area contributed by atoms with Crippen LogP contribution in [0.2, 0.25) is 0 Å². The summed E-state index contributed by atoms with van der Waals surface area (Å²) >= 11 is 0. The van der Waals surface area contributed by atoms with Crippen LogP contribution < -0.4 is 0 Å². The lowest BCUT2D eigenvalue weighted by Crippen LogP contribution is -1.91. The third kappa shape index (κ3) is 1.65. The number of hydrogen-bond donors (Lipinski definition) is 1. The molecule has 3 nitrogen and oxygen atoms in total. The Morgan fingerprint density at radius 2 is 1.94 bits per heavy atom. The molecule has 0 radical (unpaired) electrons. The highest BCUT2D eigenvalue weighted by Crippen LogP contribution is 2.25. The van der Waals surface area contributed by atoms with Gasteiger partial charge in [-0.05, 0) is 37.5 Å². The molecule has 0 fully saturated rings. The van der Waals surface area contributed by atoms with E-state index in [2.05, 4.69) is 42.9 Å². The Morgan fingerprint density at radius 1 is 1.19 bits per heavy atom. The molecule has 0 atom stereocenters. The molecule has 0 aliphatic heterocycles. The summed E-state index contributed by atoms with van der Waals surface area (Å²) in [4.78, 5) is 17.5. The number of imidazole rings is 1. The summed E-state index contributed by atoms with van der Waals surface area (Å²) < 4.78 is 0. The number of aromatic nitrogens is 2. The predicted octanol–water partition coefficient (Wildman–Crippen LogP) is 2.81. The van der Waals surface area contributed by atoms with E-state index >= 15 is 0 Å². The van der Waals surface area contributed by atoms with E-state index in [1.165, 1.54) is 16.7 Å². The maximum absolute atomic E-state index is 10.6. The number of aryl methyl sites for hydroxylation is 1. The molecule has 0 bridgehead atoms. The molecule has 1 heterocycles. The zero-order valence-electron chi connectivity index (χ0n) is 9.66. The van der Waals surface area contributed by atoms with E-state index in [1.54, 1.807) is 6.20 Å². The Labute approximate surface area is 94.5 Å². The van der Waals surface area contributed by atoms with Gasteiger partial charge in [0.05, 0.1) is 11.9 Å². The van der Waals surface area contributed by atoms with Crippen LogP contribution >= 0.6 is 0 Å². The minimum absolute atomic E-state index is 0.368. The van der Waals surface area contributed by atoms with Crippen molar-refractivity contribution in [3.8, 4) is 11.3 Å². The van der Waals surface area contributed by atoms with Crippen LogP contribution in [0.15, 0.2) is 18.3 Å². The maximum atomic E-state index is 10.6. The Bertz CT molecular complexity index is 541. The maximum Gasteiger partial charge on any atom is 0.185 e. The number of aldehydes is 1. The first-order valence-corrected chi connectivity index (χ1v) is 5.21. The second-order valence-electron chi connectivity index (χ2n) is 3.98. The third-order valence-corrected chi connectivity index (χ3v) is 3.06. The van der Waals surface area contributed by atoms with Gasteiger partial charge in [0.25, 0.3) is 0 Å². The minimum atomic E-state index is 0.368. The number of nitrogens with one attached hydrogen (secondary N) is 1. The summed E-state index contributed by atoms with van der Waals surface area (Å²) in [6.07, 6.45) is 2.42. The summed E-state index contributed by atoms with van der Waals surface area (Å²) in [6.45, 7) is 6.28. The second kappa shape index (κ2) is 3.93. The van der Waals surface area contributed by atoms with Crippen molar-refractivity contribution in [2.45, 2.75) is 20.8 Å². The largest absolute Gasteiger partial charge is 0.336 e. The monoisotopic (exact) mass is 214 g/mol. The summed E-state index contributed by atoms with van der Waals surface area (Å²) in [7, 11) is 0. The van der Waals surface area contributed by atoms with E-state index in [0.717, 1.165) is 17.5 Å². The van der Waals surface area contributed by atoms with Crippen LogP contribution in [0.5, 0.6) is 0 Å². The van der Waals surface area contributed by atoms with Crippen molar-refractivity contribution in [1.29, 1.82) is 0 Å². The second-order valence-corrected chi connectivity index (χ2v) is 3.98. The number of carbonyl (C=O) groups is 1. The van der Waals surface area contributed by atoms with Gasteiger partial charge in [-0.3, -0.25) is 4.79 Å². The van der Waals surface area contributed by atoms with E-state index in [0.29, 0.717) is 5.82 Å². The molecule has 16 heavy (non-hydrogen) atoms. The molecule has 2 aromatic rings. The molecule has 2 rings (SSSR count). The van der Waals surface area contributed by atoms with Crippen LogP contribution in [0.3, 0.4) is 0 Å². The summed E-state index contributed by atoms with van der Waals surface area (Å²) in [5.41, 5.74) is 5.77. The highest BCUT2D eigenvalue weighted by Gasteiger charge is 2.08. The van der Waals surface area contributed by atoms with Crippen molar-refractivity contribution >= 4 is 6.29 Å². The number of rotatable bonds is 2. The number of nitrogens with zero attached hydrogens (tertiary/aromatic N) is 1. The summed E-state index contributed by atoms with van der Waals surface area (Å²) in [5, 5.41) is 0. The van der Waals surface area contributed by atoms with Crippen molar-refractivity contribution in [3.63, 3.8) is 0 Å². The van der Waals surface area contributed by atoms with E-state index < -0.39 is 0 Å². The smallest absolute Gasteiger partial charge is 0.185 e. The van der Waals surface area contributed by atoms with Gasteiger partial charge in [-0.2, -0.15) is 0 Å². The van der Waals surface area contributed by atoms with Gasteiger partial charge in [-0.25, -0.2) is 4.98 Å². The molecule has 0 spiro atoms. The average Bonchev–Trinajstić information content (AvgIpc) is 2.74. The Hall–Kier alpha value is -1.90. The van der Waals surface area contributed by atoms with Gasteiger partial charge < -0.3 is 4.98 Å². The molecule has 82 valence electrons. The standard InChI is InChI=1S/C13H14N2O/c1-8-4-5-11(10(3)9(8)2)12-6-14-13(7-16)15-12/h4-7H,1-3H3,(H,14,15). The Balaban J connectivity index is 2.56. The SMILES string of the molecule is Cc1ccc(-c2cnc(C=O)[nH]2)c(C)c1C. The third-order valence-electron chi connectivity index (χ3n) is 3.06. The van der Waals surface area contributed by atoms with Gasteiger partial charge in [0.15, 0.2) is 12.1 Å². The average molecular weight is 214 g/mol. The summed E-state index contributed by atoms with van der Waals surface area (Å²) in [6, 6.07) is 4.14. The van der Waals surface area contributed by atoms with Crippen LogP contribution in [0.1, 0.15) is 27.3 Å². The van der Waals surface area contributed by atoms with Gasteiger partial charge in [0.1, 0.15) is 0 Å². The normalized spacial score (nSPS) is 10.4. The lowest BCUT2D eigenvalue weighted by molar-refractivity contribution is 0.111. The molecule has 0 unspecified atom stereocenters. The first-order valence-electron chi connectivity index (χ1n) is 5.21. The van der Waals surface area contributed by atoms with Gasteiger partial charge in [0, 0.05) is 5.56 Å². The number of H-pyrrole nitrogens is 1. The molecule has 0 aliphatic rings. The van der Waals surface area contributed by atoms with Crippen LogP contribution in [0, 0.1) is 20.8 Å². The van der Waals surface area contributed by atoms with Crippen LogP contribution in [-0.2, 0) is 0 Å². The lowest BCUT2D eigenvalue weighted by Gasteiger charge is -2.09. The van der Waals surface area contributed by atoms with Gasteiger partial charge >= 0.3 is 0 Å². The molecular weight excluding hydrogens is 200 g/mol. The quantitative estimate of drug-likeness (QED) is 0.781. The topological polar surface area (TPSA) is 45.8 Å². The molecule has 0 saturated heterocycles. The molecule has 1 aromatic heterocycles. The lowest BCUT2D eigenvalue weighted by atomic mass is 9.97. The first kappa shape index (κ1) is 10.6. The van der Waals surface area contributed by atoms with Crippen molar-refractivity contribution in [2.75, 3.05) is 0 Å². The Morgan fingerprint density at radius 3 is 2.56 bits per heavy atom. The molecule has 3 heteroatoms. The van der Waals surface area contributed by atoms with Crippen LogP contribution in [0.4, 0.5) is 0 Å². The molecule has 0 saturated carbocycles. The van der Waals surface area contributed by atoms with E-state index in [1.807, 2.05) is 0 Å². The van der Waals surface area contributed by atoms with E-state index in [4.69, 9.17) is 0 Å². The number of aromatic amines is 1. The molecule has 1 aromatic carbocycles. The fraction of sp³-hybridized carbons (Fsp3) is 0.231. The van der Waals surface area contributed by atoms with Crippen molar-refractivity contribution < 1.29 is 4.79 Å². The van der Waals surface area contributed by atoms with Gasteiger partial charge in [-0.15, -0.1) is 0 Å². The van der Waals surface area contributed by atoms with Gasteiger partial charge in [0.2, 0.25) is 0 Å². The number of carbonyl (C=O) groups excluding carboxylic acids is 1. The molecular formula is C13H14N2O. The van der Waals surface area contributed by atoms with Crippen LogP contribution in [0.25, 0.3) is 11.3 Å². The number of hydrogen-bond acceptors (Lipinski definition) is 2. The minimum Gasteiger partial charge on any atom is -0.336 e. The number of benzene rings is 1. The fourth-order valence-electron chi connectivity index (χ4n) is 1.78. The zero-order chi connectivity index (χ0) is 11.7. The molecule has 1 N–H and O–H groups in total. The highest BCUT2D eigenvalue weighted by atomic mass is 16.1. The predicted molar refractivity (Wildman–Crippen MR) is 63.6 cm³/mol. The zero-order valence-corrected chi connectivity index (χ0v) is 9.66. The Kier molecular flexibility index (Phi) is 2.60. The summed E-state index contributed by atoms with van der Waals surface area (Å²) in [5.74, 6) is 0.368. The molecule has 0 amide bonds. The van der Waals surface area contributed by atoms with E-state index in [-0.39, 0.29) is 0 Å². The van der Waals surface area contributed by atoms with Crippen LogP contribution in [-0.4, -0.2) is 16.3 Å². The molecule has 0 aliphatic carbocycles. The van der Waals surface area contributed by atoms with E-state index in [9.17, 15) is 4.79 Å². The van der Waals surface area contributed by atoms with Crippen molar-refractivity contribution in [3.05, 3.63) is 40.8 Å². The van der Waals surface area contributed by atoms with Crippen molar-refractivity contribution in [1.82, 2.24) is 9.97 Å². The van der Waals surface area contributed by atoms with Gasteiger partial charge in [-0.1, -0.05) is 12.1 Å². The fourth-order valence-corrected chi connectivity index (χ4v) is 1.78. The first-order chi connectivity index (χ1) is 7.63. The van der Waals surface area contributed by atoms with Crippen molar-refractivity contribution in [2.24, 2.45) is 0 Å².